The van der Waals surface area contributed by atoms with Crippen LogP contribution in [-0.2, 0) is 0 Å². The van der Waals surface area contributed by atoms with Gasteiger partial charge < -0.3 is 15.5 Å². The van der Waals surface area contributed by atoms with E-state index in [1.807, 2.05) is 19.0 Å². The molecule has 6 heteroatoms. The molecule has 1 aromatic heterocycles. The molecule has 0 atom stereocenters. The van der Waals surface area contributed by atoms with Gasteiger partial charge in [0.2, 0.25) is 17.8 Å². The Morgan fingerprint density at radius 2 is 1.72 bits per heavy atom. The number of anilines is 3. The smallest absolute Gasteiger partial charge is 0.232 e. The van der Waals surface area contributed by atoms with Gasteiger partial charge in [-0.25, -0.2) is 0 Å². The number of nitrogens with two attached hydrogens (primary N) is 1. The van der Waals surface area contributed by atoms with Crippen LogP contribution < -0.4 is 15.5 Å². The molecule has 0 radical (unpaired) electrons. The summed E-state index contributed by atoms with van der Waals surface area (Å²) < 4.78 is 0. The van der Waals surface area contributed by atoms with Gasteiger partial charge in [0.25, 0.3) is 0 Å². The van der Waals surface area contributed by atoms with Crippen LogP contribution in [0.15, 0.2) is 0 Å². The molecule has 2 N–H and O–H groups in total. The molecule has 0 unspecified atom stereocenters. The van der Waals surface area contributed by atoms with Crippen LogP contribution in [0, 0.1) is 0 Å². The summed E-state index contributed by atoms with van der Waals surface area (Å²) in [5.41, 5.74) is 5.77. The van der Waals surface area contributed by atoms with Crippen molar-refractivity contribution in [2.45, 2.75) is 38.6 Å². The van der Waals surface area contributed by atoms with Crippen LogP contribution in [0.25, 0.3) is 0 Å². The number of hydrogen-bond donors (Lipinski definition) is 1. The molecule has 1 aliphatic carbocycles. The fraction of sp³-hybridized carbons (Fsp3) is 0.750. The maximum Gasteiger partial charge on any atom is 0.232 e. The third kappa shape index (κ3) is 2.63. The summed E-state index contributed by atoms with van der Waals surface area (Å²) in [5, 5.41) is 0. The Labute approximate surface area is 108 Å². The van der Waals surface area contributed by atoms with E-state index in [1.165, 1.54) is 25.7 Å². The first kappa shape index (κ1) is 12.9. The van der Waals surface area contributed by atoms with Crippen LogP contribution in [0.1, 0.15) is 32.6 Å². The van der Waals surface area contributed by atoms with Gasteiger partial charge in [-0.1, -0.05) is 12.8 Å². The lowest BCUT2D eigenvalue weighted by atomic mass is 10.2. The zero-order valence-electron chi connectivity index (χ0n) is 11.4. The summed E-state index contributed by atoms with van der Waals surface area (Å²) in [6.45, 7) is 3.04. The van der Waals surface area contributed by atoms with Crippen LogP contribution in [-0.4, -0.2) is 41.6 Å². The normalized spacial score (nSPS) is 15.9. The van der Waals surface area contributed by atoms with E-state index in [1.54, 1.807) is 0 Å². The monoisotopic (exact) mass is 250 g/mol. The van der Waals surface area contributed by atoms with Gasteiger partial charge in [-0.05, 0) is 19.8 Å². The molecule has 0 bridgehead atoms. The maximum absolute atomic E-state index is 5.77. The van der Waals surface area contributed by atoms with Crippen molar-refractivity contribution < 1.29 is 0 Å². The third-order valence-electron chi connectivity index (χ3n) is 3.39. The summed E-state index contributed by atoms with van der Waals surface area (Å²) >= 11 is 0. The molecule has 1 heterocycles. The summed E-state index contributed by atoms with van der Waals surface area (Å²) in [5.74, 6) is 1.62. The van der Waals surface area contributed by atoms with Crippen molar-refractivity contribution in [3.8, 4) is 0 Å². The van der Waals surface area contributed by atoms with E-state index < -0.39 is 0 Å². The molecule has 0 aliphatic heterocycles. The molecule has 0 spiro atoms. The molecular formula is C12H22N6. The summed E-state index contributed by atoms with van der Waals surface area (Å²) in [6.07, 6.45) is 5.03. The minimum Gasteiger partial charge on any atom is -0.368 e. The Hall–Kier alpha value is -1.59. The molecule has 100 valence electrons. The van der Waals surface area contributed by atoms with Gasteiger partial charge >= 0.3 is 0 Å². The van der Waals surface area contributed by atoms with Crippen LogP contribution in [0.5, 0.6) is 0 Å². The Balaban J connectivity index is 2.29. The Morgan fingerprint density at radius 3 is 2.28 bits per heavy atom. The molecule has 1 aliphatic rings. The van der Waals surface area contributed by atoms with Gasteiger partial charge in [0.15, 0.2) is 0 Å². The van der Waals surface area contributed by atoms with Crippen molar-refractivity contribution in [2.24, 2.45) is 0 Å². The maximum atomic E-state index is 5.77. The number of hydrogen-bond acceptors (Lipinski definition) is 6. The first-order valence-electron chi connectivity index (χ1n) is 6.57. The topological polar surface area (TPSA) is 71.2 Å². The lowest BCUT2D eigenvalue weighted by Crippen LogP contribution is -2.35. The molecule has 0 aromatic carbocycles. The van der Waals surface area contributed by atoms with E-state index in [0.717, 1.165) is 6.54 Å². The van der Waals surface area contributed by atoms with Crippen LogP contribution >= 0.6 is 0 Å². The van der Waals surface area contributed by atoms with Crippen molar-refractivity contribution in [1.82, 2.24) is 15.0 Å². The van der Waals surface area contributed by atoms with Gasteiger partial charge in [-0.15, -0.1) is 0 Å². The molecule has 6 nitrogen and oxygen atoms in total. The Bertz CT molecular complexity index is 400. The average Bonchev–Trinajstić information content (AvgIpc) is 2.83. The minimum absolute atomic E-state index is 0.292. The molecule has 1 saturated carbocycles. The van der Waals surface area contributed by atoms with Gasteiger partial charge in [-0.3, -0.25) is 0 Å². The molecule has 0 amide bonds. The fourth-order valence-electron chi connectivity index (χ4n) is 2.48. The van der Waals surface area contributed by atoms with Crippen molar-refractivity contribution in [3.63, 3.8) is 0 Å². The summed E-state index contributed by atoms with van der Waals surface area (Å²) in [4.78, 5) is 17.0. The van der Waals surface area contributed by atoms with Crippen LogP contribution in [0.4, 0.5) is 17.8 Å². The van der Waals surface area contributed by atoms with Gasteiger partial charge in [0, 0.05) is 26.7 Å². The van der Waals surface area contributed by atoms with Crippen molar-refractivity contribution in [2.75, 3.05) is 36.2 Å². The zero-order valence-corrected chi connectivity index (χ0v) is 11.4. The van der Waals surface area contributed by atoms with E-state index in [9.17, 15) is 0 Å². The van der Waals surface area contributed by atoms with Crippen molar-refractivity contribution >= 4 is 17.8 Å². The van der Waals surface area contributed by atoms with E-state index in [2.05, 4.69) is 26.8 Å². The lowest BCUT2D eigenvalue weighted by Gasteiger charge is -2.28. The molecule has 18 heavy (non-hydrogen) atoms. The number of rotatable bonds is 4. The van der Waals surface area contributed by atoms with E-state index >= 15 is 0 Å². The predicted molar refractivity (Wildman–Crippen MR) is 73.8 cm³/mol. The Morgan fingerprint density at radius 1 is 1.11 bits per heavy atom. The SMILES string of the molecule is CCN(c1nc(N)nc(N(C)C)n1)C1CCCC1. The first-order valence-corrected chi connectivity index (χ1v) is 6.57. The largest absolute Gasteiger partial charge is 0.368 e. The van der Waals surface area contributed by atoms with E-state index in [-0.39, 0.29) is 0 Å². The van der Waals surface area contributed by atoms with Gasteiger partial charge in [0.05, 0.1) is 0 Å². The molecule has 2 rings (SSSR count). The van der Waals surface area contributed by atoms with Gasteiger partial charge in [-0.2, -0.15) is 15.0 Å². The summed E-state index contributed by atoms with van der Waals surface area (Å²) in [7, 11) is 3.81. The first-order chi connectivity index (χ1) is 8.61. The summed E-state index contributed by atoms with van der Waals surface area (Å²) in [6, 6.07) is 0.548. The second kappa shape index (κ2) is 5.37. The second-order valence-corrected chi connectivity index (χ2v) is 4.91. The van der Waals surface area contributed by atoms with Crippen molar-refractivity contribution in [1.29, 1.82) is 0 Å². The standard InChI is InChI=1S/C12H22N6/c1-4-18(9-7-5-6-8-9)12-15-10(13)14-11(16-12)17(2)3/h9H,4-8H2,1-3H3,(H2,13,14,15,16). The molecule has 1 fully saturated rings. The number of nitrogens with zero attached hydrogens (tertiary/aromatic N) is 5. The highest BCUT2D eigenvalue weighted by Gasteiger charge is 2.24. The van der Waals surface area contributed by atoms with E-state index in [0.29, 0.717) is 23.9 Å². The van der Waals surface area contributed by atoms with Crippen LogP contribution in [0.3, 0.4) is 0 Å². The number of aromatic nitrogens is 3. The highest BCUT2D eigenvalue weighted by atomic mass is 15.3. The van der Waals surface area contributed by atoms with Crippen molar-refractivity contribution in [3.05, 3.63) is 0 Å². The second-order valence-electron chi connectivity index (χ2n) is 4.91. The Kier molecular flexibility index (Phi) is 3.84. The molecular weight excluding hydrogens is 228 g/mol. The predicted octanol–water partition coefficient (Wildman–Crippen LogP) is 1.29. The highest BCUT2D eigenvalue weighted by Crippen LogP contribution is 2.26. The average molecular weight is 250 g/mol. The third-order valence-corrected chi connectivity index (χ3v) is 3.39. The minimum atomic E-state index is 0.292. The zero-order chi connectivity index (χ0) is 13.1. The van der Waals surface area contributed by atoms with Gasteiger partial charge in [0.1, 0.15) is 0 Å². The molecule has 0 saturated heterocycles. The lowest BCUT2D eigenvalue weighted by molar-refractivity contribution is 0.604. The molecule has 1 aromatic rings. The van der Waals surface area contributed by atoms with Crippen LogP contribution in [0.2, 0.25) is 0 Å². The quantitative estimate of drug-likeness (QED) is 0.868. The fourth-order valence-corrected chi connectivity index (χ4v) is 2.48. The van der Waals surface area contributed by atoms with E-state index in [4.69, 9.17) is 5.73 Å². The highest BCUT2D eigenvalue weighted by molar-refractivity contribution is 5.43. The number of nitrogen functional groups attached to an aromatic ring is 1.